The maximum absolute atomic E-state index is 12.1. The number of carbonyl (C=O) groups excluding carboxylic acids is 1. The summed E-state index contributed by atoms with van der Waals surface area (Å²) in [7, 11) is 1.62. The number of phenols is 1. The van der Waals surface area contributed by atoms with E-state index in [0.717, 1.165) is 16.9 Å². The van der Waals surface area contributed by atoms with Crippen LogP contribution in [0.4, 0.5) is 0 Å². The molecule has 0 bridgehead atoms. The second-order valence-corrected chi connectivity index (χ2v) is 6.58. The highest BCUT2D eigenvalue weighted by atomic mass is 32.2. The number of hydrogen-bond donors (Lipinski definition) is 2. The molecule has 2 aromatic carbocycles. The van der Waals surface area contributed by atoms with Crippen molar-refractivity contribution < 1.29 is 14.6 Å². The molecule has 0 aliphatic carbocycles. The van der Waals surface area contributed by atoms with Gasteiger partial charge in [0.1, 0.15) is 11.5 Å². The Balaban J connectivity index is 1.60. The van der Waals surface area contributed by atoms with Gasteiger partial charge >= 0.3 is 0 Å². The van der Waals surface area contributed by atoms with Crippen molar-refractivity contribution in [3.63, 3.8) is 0 Å². The van der Waals surface area contributed by atoms with Gasteiger partial charge in [0.15, 0.2) is 5.17 Å². The van der Waals surface area contributed by atoms with Gasteiger partial charge in [-0.15, -0.1) is 5.10 Å². The Morgan fingerprint density at radius 2 is 1.92 bits per heavy atom. The van der Waals surface area contributed by atoms with Crippen LogP contribution in [0.2, 0.25) is 0 Å². The number of hydrogen-bond acceptors (Lipinski definition) is 6. The van der Waals surface area contributed by atoms with Crippen LogP contribution in [0.15, 0.2) is 58.7 Å². The molecule has 0 radical (unpaired) electrons. The lowest BCUT2D eigenvalue weighted by Gasteiger charge is -2.06. The number of nitrogens with one attached hydrogen (secondary N) is 1. The molecule has 2 N–H and O–H groups in total. The minimum absolute atomic E-state index is 0.0700. The minimum atomic E-state index is -0.226. The second-order valence-electron chi connectivity index (χ2n) is 5.39. The molecule has 7 heteroatoms. The van der Waals surface area contributed by atoms with Crippen LogP contribution < -0.4 is 10.1 Å². The van der Waals surface area contributed by atoms with Gasteiger partial charge in [-0.1, -0.05) is 23.9 Å². The summed E-state index contributed by atoms with van der Waals surface area (Å²) in [4.78, 5) is 12.1. The predicted octanol–water partition coefficient (Wildman–Crippen LogP) is 2.57. The van der Waals surface area contributed by atoms with Gasteiger partial charge in [-0.3, -0.25) is 4.79 Å². The smallest absolute Gasteiger partial charge is 0.239 e. The van der Waals surface area contributed by atoms with Gasteiger partial charge in [-0.2, -0.15) is 5.10 Å². The fourth-order valence-electron chi connectivity index (χ4n) is 2.27. The number of amides is 1. The van der Waals surface area contributed by atoms with E-state index in [1.807, 2.05) is 24.3 Å². The van der Waals surface area contributed by atoms with Gasteiger partial charge < -0.3 is 15.2 Å². The average Bonchev–Trinajstić information content (AvgIpc) is 2.97. The van der Waals surface area contributed by atoms with Crippen molar-refractivity contribution >= 4 is 29.1 Å². The van der Waals surface area contributed by atoms with Crippen LogP contribution in [-0.2, 0) is 11.2 Å². The summed E-state index contributed by atoms with van der Waals surface area (Å²) in [5, 5.41) is 20.3. The fourth-order valence-corrected chi connectivity index (χ4v) is 3.24. The van der Waals surface area contributed by atoms with Gasteiger partial charge in [-0.25, -0.2) is 0 Å². The summed E-state index contributed by atoms with van der Waals surface area (Å²) in [6.45, 7) is 0. The number of nitrogens with zero attached hydrogens (tertiary/aromatic N) is 2. The molecule has 1 fully saturated rings. The molecule has 1 amide bonds. The molecule has 128 valence electrons. The van der Waals surface area contributed by atoms with E-state index in [2.05, 4.69) is 15.5 Å². The third-order valence-corrected chi connectivity index (χ3v) is 4.68. The Labute approximate surface area is 149 Å². The normalized spacial score (nSPS) is 18.7. The maximum Gasteiger partial charge on any atom is 0.239 e. The number of phenolic OH excluding ortho intramolecular Hbond substituents is 1. The topological polar surface area (TPSA) is 83.3 Å². The number of thioether (sulfide) groups is 1. The van der Waals surface area contributed by atoms with Gasteiger partial charge in [0, 0.05) is 0 Å². The predicted molar refractivity (Wildman–Crippen MR) is 99.4 cm³/mol. The van der Waals surface area contributed by atoms with Gasteiger partial charge in [0.2, 0.25) is 5.91 Å². The van der Waals surface area contributed by atoms with Crippen molar-refractivity contribution in [2.75, 3.05) is 7.11 Å². The molecule has 0 saturated carbocycles. The zero-order valence-electron chi connectivity index (χ0n) is 13.5. The zero-order chi connectivity index (χ0) is 17.6. The molecule has 0 spiro atoms. The minimum Gasteiger partial charge on any atom is -0.508 e. The number of rotatable bonds is 5. The summed E-state index contributed by atoms with van der Waals surface area (Å²) >= 11 is 1.37. The Kier molecular flexibility index (Phi) is 5.35. The first-order chi connectivity index (χ1) is 12.1. The second kappa shape index (κ2) is 7.85. The molecule has 6 nitrogen and oxygen atoms in total. The molecular weight excluding hydrogens is 338 g/mol. The van der Waals surface area contributed by atoms with E-state index in [-0.39, 0.29) is 16.9 Å². The van der Waals surface area contributed by atoms with E-state index < -0.39 is 0 Å². The highest BCUT2D eigenvalue weighted by Gasteiger charge is 2.30. The highest BCUT2D eigenvalue weighted by molar-refractivity contribution is 8.15. The molecule has 0 aromatic heterocycles. The number of ether oxygens (including phenoxy) is 1. The van der Waals surface area contributed by atoms with E-state index in [9.17, 15) is 9.90 Å². The molecule has 1 saturated heterocycles. The average molecular weight is 355 g/mol. The van der Waals surface area contributed by atoms with Crippen molar-refractivity contribution in [3.8, 4) is 11.5 Å². The van der Waals surface area contributed by atoms with Crippen LogP contribution in [0.1, 0.15) is 11.1 Å². The Morgan fingerprint density at radius 1 is 1.20 bits per heavy atom. The highest BCUT2D eigenvalue weighted by Crippen LogP contribution is 2.24. The first kappa shape index (κ1) is 17.0. The third-order valence-electron chi connectivity index (χ3n) is 3.61. The summed E-state index contributed by atoms with van der Waals surface area (Å²) < 4.78 is 5.13. The van der Waals surface area contributed by atoms with Gasteiger partial charge in [0.25, 0.3) is 0 Å². The van der Waals surface area contributed by atoms with Crippen molar-refractivity contribution in [1.29, 1.82) is 0 Å². The summed E-state index contributed by atoms with van der Waals surface area (Å²) in [5.41, 5.74) is 1.87. The zero-order valence-corrected chi connectivity index (χ0v) is 14.4. The lowest BCUT2D eigenvalue weighted by atomic mass is 10.1. The molecule has 1 atom stereocenters. The maximum atomic E-state index is 12.1. The number of amidine groups is 1. The van der Waals surface area contributed by atoms with E-state index in [1.54, 1.807) is 37.6 Å². The van der Waals surface area contributed by atoms with Gasteiger partial charge in [0.05, 0.1) is 18.6 Å². The molecule has 1 aliphatic rings. The molecule has 1 heterocycles. The molecule has 3 rings (SSSR count). The van der Waals surface area contributed by atoms with Crippen LogP contribution in [0, 0.1) is 0 Å². The van der Waals surface area contributed by atoms with Crippen LogP contribution in [-0.4, -0.2) is 34.8 Å². The monoisotopic (exact) mass is 355 g/mol. The Morgan fingerprint density at radius 3 is 2.60 bits per heavy atom. The molecule has 1 unspecified atom stereocenters. The van der Waals surface area contributed by atoms with Crippen LogP contribution in [0.25, 0.3) is 0 Å². The van der Waals surface area contributed by atoms with Crippen molar-refractivity contribution in [2.24, 2.45) is 10.2 Å². The van der Waals surface area contributed by atoms with Crippen molar-refractivity contribution in [2.45, 2.75) is 11.7 Å². The Hall–Kier alpha value is -2.80. The molecule has 2 aromatic rings. The summed E-state index contributed by atoms with van der Waals surface area (Å²) in [6.07, 6.45) is 2.18. The number of methoxy groups -OCH3 is 1. The standard InChI is InChI=1S/C18H17N3O3S/c1-24-15-8-4-12(5-9-15)10-16-17(23)20-18(25-16)21-19-11-13-2-6-14(22)7-3-13/h2-9,11,16,22H,10H2,1H3,(H,20,21,23). The number of benzene rings is 2. The quantitative estimate of drug-likeness (QED) is 0.638. The fraction of sp³-hybridized carbons (Fsp3) is 0.167. The first-order valence-electron chi connectivity index (χ1n) is 7.64. The summed E-state index contributed by atoms with van der Waals surface area (Å²) in [5.74, 6) is 0.918. The lowest BCUT2D eigenvalue weighted by molar-refractivity contribution is -0.118. The Bertz CT molecular complexity index is 801. The number of aromatic hydroxyl groups is 1. The van der Waals surface area contributed by atoms with Gasteiger partial charge in [-0.05, 0) is 53.9 Å². The van der Waals surface area contributed by atoms with E-state index >= 15 is 0 Å². The third kappa shape index (κ3) is 4.60. The van der Waals surface area contributed by atoms with E-state index in [4.69, 9.17) is 4.74 Å². The van der Waals surface area contributed by atoms with E-state index in [1.165, 1.54) is 11.8 Å². The molecular formula is C18H17N3O3S. The van der Waals surface area contributed by atoms with Crippen LogP contribution in [0.3, 0.4) is 0 Å². The first-order valence-corrected chi connectivity index (χ1v) is 8.52. The SMILES string of the molecule is COc1ccc(CC2S/C(=N/N=Cc3ccc(O)cc3)NC2=O)cc1. The van der Waals surface area contributed by atoms with Crippen LogP contribution >= 0.6 is 11.8 Å². The van der Waals surface area contributed by atoms with Crippen molar-refractivity contribution in [1.82, 2.24) is 5.32 Å². The molecule has 25 heavy (non-hydrogen) atoms. The largest absolute Gasteiger partial charge is 0.508 e. The van der Waals surface area contributed by atoms with Crippen molar-refractivity contribution in [3.05, 3.63) is 59.7 Å². The summed E-state index contributed by atoms with van der Waals surface area (Å²) in [6, 6.07) is 14.3. The van der Waals surface area contributed by atoms with Crippen LogP contribution in [0.5, 0.6) is 11.5 Å². The number of carbonyl (C=O) groups is 1. The molecule has 1 aliphatic heterocycles. The van der Waals surface area contributed by atoms with E-state index in [0.29, 0.717) is 11.6 Å². The lowest BCUT2D eigenvalue weighted by Crippen LogP contribution is -2.25.